The summed E-state index contributed by atoms with van der Waals surface area (Å²) in [5.74, 6) is -0.0809. The SMILES string of the molecule is CCOc1c(S(C)(=O)=O)ccc(C(=O)c2cnoc2C)c1Cl. The van der Waals surface area contributed by atoms with Crippen molar-refractivity contribution >= 4 is 27.2 Å². The molecule has 6 nitrogen and oxygen atoms in total. The lowest BCUT2D eigenvalue weighted by molar-refractivity contribution is 0.103. The molecule has 1 aromatic carbocycles. The molecule has 1 aromatic heterocycles. The fourth-order valence-corrected chi connectivity index (χ4v) is 3.12. The number of nitrogens with zero attached hydrogens (tertiary/aromatic N) is 1. The summed E-state index contributed by atoms with van der Waals surface area (Å²) in [6, 6.07) is 2.66. The summed E-state index contributed by atoms with van der Waals surface area (Å²) in [6.07, 6.45) is 2.34. The quantitative estimate of drug-likeness (QED) is 0.776. The Morgan fingerprint density at radius 1 is 1.36 bits per heavy atom. The van der Waals surface area contributed by atoms with Crippen molar-refractivity contribution in [3.63, 3.8) is 0 Å². The van der Waals surface area contributed by atoms with E-state index in [1.54, 1.807) is 13.8 Å². The van der Waals surface area contributed by atoms with Crippen LogP contribution in [0.3, 0.4) is 0 Å². The number of sulfone groups is 1. The number of benzene rings is 1. The zero-order chi connectivity index (χ0) is 16.5. The molecule has 2 aromatic rings. The highest BCUT2D eigenvalue weighted by Crippen LogP contribution is 2.36. The Morgan fingerprint density at radius 2 is 2.05 bits per heavy atom. The Labute approximate surface area is 132 Å². The van der Waals surface area contributed by atoms with Crippen LogP contribution in [-0.2, 0) is 9.84 Å². The molecule has 1 heterocycles. The van der Waals surface area contributed by atoms with E-state index in [0.717, 1.165) is 6.26 Å². The molecule has 8 heteroatoms. The van der Waals surface area contributed by atoms with Gasteiger partial charge in [-0.3, -0.25) is 4.79 Å². The Balaban J connectivity index is 2.63. The Kier molecular flexibility index (Phi) is 4.58. The van der Waals surface area contributed by atoms with Gasteiger partial charge in [0.1, 0.15) is 10.7 Å². The third-order valence-corrected chi connectivity index (χ3v) is 4.48. The van der Waals surface area contributed by atoms with E-state index in [-0.39, 0.29) is 33.4 Å². The number of carbonyl (C=O) groups is 1. The first kappa shape index (κ1) is 16.5. The normalized spacial score (nSPS) is 11.5. The van der Waals surface area contributed by atoms with Crippen molar-refractivity contribution in [3.8, 4) is 5.75 Å². The van der Waals surface area contributed by atoms with E-state index < -0.39 is 15.6 Å². The van der Waals surface area contributed by atoms with Gasteiger partial charge in [0.05, 0.1) is 23.4 Å². The van der Waals surface area contributed by atoms with Crippen molar-refractivity contribution in [1.82, 2.24) is 5.16 Å². The number of hydrogen-bond acceptors (Lipinski definition) is 6. The van der Waals surface area contributed by atoms with Gasteiger partial charge in [-0.15, -0.1) is 0 Å². The maximum absolute atomic E-state index is 12.5. The molecule has 0 fully saturated rings. The highest BCUT2D eigenvalue weighted by atomic mass is 35.5. The Morgan fingerprint density at radius 3 is 2.55 bits per heavy atom. The predicted octanol–water partition coefficient (Wildman–Crippen LogP) is 2.67. The summed E-state index contributed by atoms with van der Waals surface area (Å²) < 4.78 is 33.8. The van der Waals surface area contributed by atoms with Gasteiger partial charge in [0, 0.05) is 11.8 Å². The lowest BCUT2D eigenvalue weighted by atomic mass is 10.0. The van der Waals surface area contributed by atoms with E-state index in [1.807, 2.05) is 0 Å². The summed E-state index contributed by atoms with van der Waals surface area (Å²) >= 11 is 6.20. The van der Waals surface area contributed by atoms with Gasteiger partial charge in [-0.25, -0.2) is 8.42 Å². The topological polar surface area (TPSA) is 86.5 Å². The number of hydrogen-bond donors (Lipinski definition) is 0. The summed E-state index contributed by atoms with van der Waals surface area (Å²) in [5, 5.41) is 3.50. The Hall–Kier alpha value is -1.86. The van der Waals surface area contributed by atoms with Crippen LogP contribution in [0.5, 0.6) is 5.75 Å². The van der Waals surface area contributed by atoms with Crippen LogP contribution in [0.1, 0.15) is 28.6 Å². The van der Waals surface area contributed by atoms with Gasteiger partial charge >= 0.3 is 0 Å². The van der Waals surface area contributed by atoms with E-state index in [1.165, 1.54) is 18.3 Å². The van der Waals surface area contributed by atoms with Gasteiger partial charge in [0.15, 0.2) is 21.4 Å². The van der Waals surface area contributed by atoms with Crippen LogP contribution >= 0.6 is 11.6 Å². The zero-order valence-electron chi connectivity index (χ0n) is 12.2. The van der Waals surface area contributed by atoms with Crippen LogP contribution in [0.4, 0.5) is 0 Å². The molecule has 0 saturated carbocycles. The largest absolute Gasteiger partial charge is 0.491 e. The third kappa shape index (κ3) is 3.00. The van der Waals surface area contributed by atoms with Gasteiger partial charge in [-0.05, 0) is 26.0 Å². The highest BCUT2D eigenvalue weighted by Gasteiger charge is 2.25. The van der Waals surface area contributed by atoms with E-state index >= 15 is 0 Å². The van der Waals surface area contributed by atoms with Crippen molar-refractivity contribution in [1.29, 1.82) is 0 Å². The molecule has 0 aliphatic carbocycles. The molecule has 0 N–H and O–H groups in total. The van der Waals surface area contributed by atoms with E-state index in [2.05, 4.69) is 5.16 Å². The van der Waals surface area contributed by atoms with Gasteiger partial charge in [-0.2, -0.15) is 0 Å². The minimum Gasteiger partial charge on any atom is -0.491 e. The molecule has 0 unspecified atom stereocenters. The van der Waals surface area contributed by atoms with Crippen LogP contribution in [0.25, 0.3) is 0 Å². The summed E-state index contributed by atoms with van der Waals surface area (Å²) in [4.78, 5) is 12.4. The average Bonchev–Trinajstić information content (AvgIpc) is 2.85. The van der Waals surface area contributed by atoms with Crippen LogP contribution in [0.2, 0.25) is 5.02 Å². The van der Waals surface area contributed by atoms with Crippen molar-refractivity contribution in [2.24, 2.45) is 0 Å². The van der Waals surface area contributed by atoms with Crippen molar-refractivity contribution < 1.29 is 22.5 Å². The molecule has 0 saturated heterocycles. The lowest BCUT2D eigenvalue weighted by Crippen LogP contribution is -2.08. The molecule has 0 spiro atoms. The molecule has 0 amide bonds. The maximum atomic E-state index is 12.5. The number of ketones is 1. The molecular weight excluding hydrogens is 330 g/mol. The Bertz CT molecular complexity index is 826. The second-order valence-electron chi connectivity index (χ2n) is 4.58. The second kappa shape index (κ2) is 6.10. The highest BCUT2D eigenvalue weighted by molar-refractivity contribution is 7.90. The van der Waals surface area contributed by atoms with Crippen molar-refractivity contribution in [3.05, 3.63) is 40.2 Å². The molecule has 0 atom stereocenters. The summed E-state index contributed by atoms with van der Waals surface area (Å²) in [6.45, 7) is 3.51. The number of rotatable bonds is 5. The first-order valence-corrected chi connectivity index (χ1v) is 8.65. The van der Waals surface area contributed by atoms with E-state index in [4.69, 9.17) is 20.9 Å². The predicted molar refractivity (Wildman–Crippen MR) is 80.4 cm³/mol. The monoisotopic (exact) mass is 343 g/mol. The number of ether oxygens (including phenoxy) is 1. The minimum absolute atomic E-state index is 0.0216. The van der Waals surface area contributed by atoms with Gasteiger partial charge in [0.2, 0.25) is 0 Å². The molecule has 118 valence electrons. The van der Waals surface area contributed by atoms with E-state index in [9.17, 15) is 13.2 Å². The van der Waals surface area contributed by atoms with E-state index in [0.29, 0.717) is 5.76 Å². The van der Waals surface area contributed by atoms with Crippen molar-refractivity contribution in [2.45, 2.75) is 18.7 Å². The van der Waals surface area contributed by atoms with Crippen LogP contribution in [-0.4, -0.2) is 32.2 Å². The summed E-state index contributed by atoms with van der Waals surface area (Å²) in [5.41, 5.74) is 0.389. The lowest BCUT2D eigenvalue weighted by Gasteiger charge is -2.13. The zero-order valence-corrected chi connectivity index (χ0v) is 13.8. The van der Waals surface area contributed by atoms with Gasteiger partial charge in [-0.1, -0.05) is 16.8 Å². The first-order chi connectivity index (χ1) is 10.3. The second-order valence-corrected chi connectivity index (χ2v) is 6.95. The first-order valence-electron chi connectivity index (χ1n) is 6.38. The van der Waals surface area contributed by atoms with Crippen LogP contribution in [0.15, 0.2) is 27.7 Å². The molecule has 2 rings (SSSR count). The molecule has 0 aliphatic rings. The number of carbonyl (C=O) groups excluding carboxylic acids is 1. The van der Waals surface area contributed by atoms with Crippen LogP contribution < -0.4 is 4.74 Å². The summed E-state index contributed by atoms with van der Waals surface area (Å²) in [7, 11) is -3.53. The third-order valence-electron chi connectivity index (χ3n) is 2.99. The maximum Gasteiger partial charge on any atom is 0.199 e. The average molecular weight is 344 g/mol. The van der Waals surface area contributed by atoms with Gasteiger partial charge < -0.3 is 9.26 Å². The van der Waals surface area contributed by atoms with Crippen molar-refractivity contribution in [2.75, 3.05) is 12.9 Å². The number of aryl methyl sites for hydroxylation is 1. The standard InChI is InChI=1S/C14H14ClNO5S/c1-4-20-14-11(22(3,18)19)6-5-9(12(14)15)13(17)10-7-16-21-8(10)2/h5-7H,4H2,1-3H3. The fraction of sp³-hybridized carbons (Fsp3) is 0.286. The van der Waals surface area contributed by atoms with Gasteiger partial charge in [0.25, 0.3) is 0 Å². The molecule has 0 radical (unpaired) electrons. The molecule has 22 heavy (non-hydrogen) atoms. The number of halogens is 1. The van der Waals surface area contributed by atoms with Crippen LogP contribution in [0, 0.1) is 6.92 Å². The fourth-order valence-electron chi connectivity index (χ4n) is 1.95. The molecular formula is C14H14ClNO5S. The smallest absolute Gasteiger partial charge is 0.199 e. The molecule has 0 bridgehead atoms. The number of aromatic nitrogens is 1. The minimum atomic E-state index is -3.53. The molecule has 0 aliphatic heterocycles.